The van der Waals surface area contributed by atoms with E-state index in [-0.39, 0.29) is 6.61 Å². The lowest BCUT2D eigenvalue weighted by molar-refractivity contribution is 0.266. The smallest absolute Gasteiger partial charge is 0.237 e. The Morgan fingerprint density at radius 2 is 2.15 bits per heavy atom. The Hall–Kier alpha value is -1.41. The topological polar surface area (TPSA) is 89.9 Å². The average molecular weight is 297 g/mol. The number of aliphatic hydroxyl groups excluding tert-OH is 1. The van der Waals surface area contributed by atoms with Gasteiger partial charge in [0.2, 0.25) is 5.89 Å². The second-order valence-corrected chi connectivity index (χ2v) is 5.88. The predicted octanol–water partition coefficient (Wildman–Crippen LogP) is 1.57. The van der Waals surface area contributed by atoms with E-state index in [2.05, 4.69) is 34.2 Å². The monoisotopic (exact) mass is 297 g/mol. The van der Waals surface area contributed by atoms with Crippen LogP contribution in [-0.4, -0.2) is 30.0 Å². The molecule has 0 saturated carbocycles. The number of nitrogens with zero attached hydrogens (tertiary/aromatic N) is 5. The van der Waals surface area contributed by atoms with Gasteiger partial charge in [-0.25, -0.2) is 0 Å². The maximum absolute atomic E-state index is 9.05. The molecule has 2 heterocycles. The summed E-state index contributed by atoms with van der Waals surface area (Å²) < 4.78 is 6.95. The van der Waals surface area contributed by atoms with Crippen LogP contribution in [0.4, 0.5) is 0 Å². The fraction of sp³-hybridized carbons (Fsp3) is 0.667. The summed E-state index contributed by atoms with van der Waals surface area (Å²) in [6.07, 6.45) is 1.89. The molecule has 0 fully saturated rings. The van der Waals surface area contributed by atoms with Gasteiger partial charge in [-0.15, -0.1) is 10.2 Å². The molecule has 7 nitrogen and oxygen atoms in total. The molecule has 0 aliphatic rings. The van der Waals surface area contributed by atoms with Crippen LogP contribution in [-0.2, 0) is 25.8 Å². The first-order chi connectivity index (χ1) is 9.60. The Morgan fingerprint density at radius 1 is 1.35 bits per heavy atom. The van der Waals surface area contributed by atoms with E-state index < -0.39 is 0 Å². The fourth-order valence-corrected chi connectivity index (χ4v) is 2.37. The van der Waals surface area contributed by atoms with E-state index in [1.165, 1.54) is 11.8 Å². The molecule has 8 heteroatoms. The second kappa shape index (κ2) is 6.85. The van der Waals surface area contributed by atoms with Crippen molar-refractivity contribution in [3.05, 3.63) is 17.5 Å². The number of aliphatic hydroxyl groups is 1. The lowest BCUT2D eigenvalue weighted by Crippen LogP contribution is -1.98. The maximum atomic E-state index is 9.05. The fourth-order valence-electron chi connectivity index (χ4n) is 1.60. The SMILES string of the molecule is CC(C)CCc1noc(CSc2nnc(CO)n2C)n1. The summed E-state index contributed by atoms with van der Waals surface area (Å²) in [4.78, 5) is 4.35. The van der Waals surface area contributed by atoms with Crippen LogP contribution in [0, 0.1) is 5.92 Å². The molecule has 0 aliphatic heterocycles. The summed E-state index contributed by atoms with van der Waals surface area (Å²) in [6, 6.07) is 0. The molecule has 0 aliphatic carbocycles. The third-order valence-electron chi connectivity index (χ3n) is 2.85. The van der Waals surface area contributed by atoms with Crippen molar-refractivity contribution in [1.82, 2.24) is 24.9 Å². The molecule has 0 aromatic carbocycles. The van der Waals surface area contributed by atoms with Gasteiger partial charge in [-0.2, -0.15) is 4.98 Å². The van der Waals surface area contributed by atoms with Crippen molar-refractivity contribution >= 4 is 11.8 Å². The van der Waals surface area contributed by atoms with Crippen molar-refractivity contribution in [3.8, 4) is 0 Å². The molecule has 0 spiro atoms. The van der Waals surface area contributed by atoms with Crippen LogP contribution in [0.2, 0.25) is 0 Å². The minimum Gasteiger partial charge on any atom is -0.388 e. The van der Waals surface area contributed by atoms with Crippen LogP contribution in [0.5, 0.6) is 0 Å². The molecule has 2 aromatic heterocycles. The van der Waals surface area contributed by atoms with Gasteiger partial charge < -0.3 is 14.2 Å². The Morgan fingerprint density at radius 3 is 2.80 bits per heavy atom. The Balaban J connectivity index is 1.89. The quantitative estimate of drug-likeness (QED) is 0.776. The molecule has 0 amide bonds. The number of aromatic nitrogens is 5. The van der Waals surface area contributed by atoms with Gasteiger partial charge in [0.25, 0.3) is 0 Å². The van der Waals surface area contributed by atoms with Gasteiger partial charge in [0, 0.05) is 13.5 Å². The number of hydrogen-bond acceptors (Lipinski definition) is 7. The van der Waals surface area contributed by atoms with E-state index in [0.29, 0.717) is 23.4 Å². The number of thioether (sulfide) groups is 1. The molecular weight excluding hydrogens is 278 g/mol. The van der Waals surface area contributed by atoms with Crippen molar-refractivity contribution in [2.24, 2.45) is 13.0 Å². The summed E-state index contributed by atoms with van der Waals surface area (Å²) in [5.74, 6) is 3.05. The minimum atomic E-state index is -0.121. The molecule has 2 aromatic rings. The lowest BCUT2D eigenvalue weighted by atomic mass is 10.1. The Kier molecular flexibility index (Phi) is 5.13. The molecule has 0 unspecified atom stereocenters. The second-order valence-electron chi connectivity index (χ2n) is 4.94. The standard InChI is InChI=1S/C12H19N5O2S/c1-8(2)4-5-9-13-11(19-16-9)7-20-12-15-14-10(6-18)17(12)3/h8,18H,4-7H2,1-3H3. The molecule has 2 rings (SSSR count). The zero-order chi connectivity index (χ0) is 14.5. The Labute approximate surface area is 121 Å². The highest BCUT2D eigenvalue weighted by molar-refractivity contribution is 7.98. The summed E-state index contributed by atoms with van der Waals surface area (Å²) in [7, 11) is 1.82. The normalized spacial score (nSPS) is 11.4. The van der Waals surface area contributed by atoms with Gasteiger partial charge in [-0.3, -0.25) is 0 Å². The van der Waals surface area contributed by atoms with Crippen LogP contribution in [0.1, 0.15) is 37.8 Å². The first kappa shape index (κ1) is 15.0. The molecule has 0 saturated heterocycles. The molecule has 0 bridgehead atoms. The van der Waals surface area contributed by atoms with Gasteiger partial charge in [0.15, 0.2) is 16.8 Å². The maximum Gasteiger partial charge on any atom is 0.237 e. The van der Waals surface area contributed by atoms with Crippen molar-refractivity contribution in [3.63, 3.8) is 0 Å². The number of rotatable bonds is 7. The van der Waals surface area contributed by atoms with Gasteiger partial charge in [0.1, 0.15) is 6.61 Å². The van der Waals surface area contributed by atoms with Gasteiger partial charge in [0.05, 0.1) is 5.75 Å². The van der Waals surface area contributed by atoms with Crippen LogP contribution < -0.4 is 0 Å². The van der Waals surface area contributed by atoms with Crippen molar-refractivity contribution in [2.75, 3.05) is 0 Å². The summed E-state index contributed by atoms with van der Waals surface area (Å²) >= 11 is 1.46. The predicted molar refractivity (Wildman–Crippen MR) is 73.9 cm³/mol. The highest BCUT2D eigenvalue weighted by Gasteiger charge is 2.12. The molecule has 110 valence electrons. The van der Waals surface area contributed by atoms with Crippen molar-refractivity contribution in [1.29, 1.82) is 0 Å². The first-order valence-corrected chi connectivity index (χ1v) is 7.52. The first-order valence-electron chi connectivity index (χ1n) is 6.53. The molecular formula is C12H19N5O2S. The average Bonchev–Trinajstić information content (AvgIpc) is 3.01. The third-order valence-corrected chi connectivity index (χ3v) is 3.85. The van der Waals surface area contributed by atoms with E-state index in [0.717, 1.165) is 23.8 Å². The Bertz CT molecular complexity index is 552. The van der Waals surface area contributed by atoms with E-state index in [4.69, 9.17) is 9.63 Å². The van der Waals surface area contributed by atoms with Gasteiger partial charge >= 0.3 is 0 Å². The summed E-state index contributed by atoms with van der Waals surface area (Å²) in [5.41, 5.74) is 0. The number of hydrogen-bond donors (Lipinski definition) is 1. The lowest BCUT2D eigenvalue weighted by Gasteiger charge is -1.99. The highest BCUT2D eigenvalue weighted by Crippen LogP contribution is 2.20. The summed E-state index contributed by atoms with van der Waals surface area (Å²) in [6.45, 7) is 4.22. The van der Waals surface area contributed by atoms with Crippen molar-refractivity contribution in [2.45, 2.75) is 44.2 Å². The minimum absolute atomic E-state index is 0.121. The molecule has 0 atom stereocenters. The highest BCUT2D eigenvalue weighted by atomic mass is 32.2. The largest absolute Gasteiger partial charge is 0.388 e. The van der Waals surface area contributed by atoms with Gasteiger partial charge in [-0.05, 0) is 12.3 Å². The molecule has 1 N–H and O–H groups in total. The zero-order valence-corrected chi connectivity index (χ0v) is 12.7. The van der Waals surface area contributed by atoms with Crippen molar-refractivity contribution < 1.29 is 9.63 Å². The van der Waals surface area contributed by atoms with Crippen LogP contribution in [0.15, 0.2) is 9.68 Å². The van der Waals surface area contributed by atoms with Crippen LogP contribution in [0.25, 0.3) is 0 Å². The van der Waals surface area contributed by atoms with E-state index in [1.54, 1.807) is 4.57 Å². The van der Waals surface area contributed by atoms with E-state index in [9.17, 15) is 0 Å². The summed E-state index contributed by atoms with van der Waals surface area (Å²) in [5, 5.41) is 21.6. The van der Waals surface area contributed by atoms with E-state index in [1.807, 2.05) is 7.05 Å². The molecule has 20 heavy (non-hydrogen) atoms. The third kappa shape index (κ3) is 3.80. The number of aryl methyl sites for hydroxylation is 1. The molecule has 0 radical (unpaired) electrons. The zero-order valence-electron chi connectivity index (χ0n) is 11.9. The van der Waals surface area contributed by atoms with E-state index >= 15 is 0 Å². The van der Waals surface area contributed by atoms with Crippen LogP contribution in [0.3, 0.4) is 0 Å². The van der Waals surface area contributed by atoms with Crippen LogP contribution >= 0.6 is 11.8 Å². The van der Waals surface area contributed by atoms with Gasteiger partial charge in [-0.1, -0.05) is 30.8 Å².